The topological polar surface area (TPSA) is 37.3 Å². The van der Waals surface area contributed by atoms with E-state index in [2.05, 4.69) is 0 Å². The molecule has 12 heavy (non-hydrogen) atoms. The maximum absolute atomic E-state index is 10.7. The van der Waals surface area contributed by atoms with E-state index in [0.717, 1.165) is 12.3 Å². The lowest BCUT2D eigenvalue weighted by Gasteiger charge is -2.40. The van der Waals surface area contributed by atoms with Crippen molar-refractivity contribution >= 4 is 18.4 Å². The Balaban J connectivity index is 0.000000720. The smallest absolute Gasteiger partial charge is 0.306 e. The summed E-state index contributed by atoms with van der Waals surface area (Å²) in [5.41, 5.74) is 0. The Morgan fingerprint density at radius 1 is 1.17 bits per heavy atom. The zero-order chi connectivity index (χ0) is 7.84. The second-order valence-electron chi connectivity index (χ2n) is 3.96. The van der Waals surface area contributed by atoms with Crippen molar-refractivity contribution in [2.24, 2.45) is 17.8 Å². The molecule has 1 atom stereocenters. The fraction of sp³-hybridized carbons (Fsp3) is 0.889. The van der Waals surface area contributed by atoms with Crippen LogP contribution < -0.4 is 0 Å². The molecule has 0 spiro atoms. The summed E-state index contributed by atoms with van der Waals surface area (Å²) in [6.07, 6.45) is 5.87. The average Bonchev–Trinajstić information content (AvgIpc) is 2.06. The van der Waals surface area contributed by atoms with E-state index in [1.807, 2.05) is 0 Å². The van der Waals surface area contributed by atoms with Gasteiger partial charge in [0.1, 0.15) is 0 Å². The molecule has 3 rings (SSSR count). The number of aliphatic carboxylic acids is 1. The summed E-state index contributed by atoms with van der Waals surface area (Å²) in [7, 11) is 0. The van der Waals surface area contributed by atoms with Gasteiger partial charge in [0.25, 0.3) is 0 Å². The Bertz CT molecular complexity index is 173. The van der Waals surface area contributed by atoms with E-state index in [1.165, 1.54) is 25.7 Å². The number of hydrogen-bond donors (Lipinski definition) is 1. The van der Waals surface area contributed by atoms with Gasteiger partial charge >= 0.3 is 5.97 Å². The van der Waals surface area contributed by atoms with Gasteiger partial charge in [-0.1, -0.05) is 12.8 Å². The van der Waals surface area contributed by atoms with E-state index in [-0.39, 0.29) is 18.3 Å². The molecule has 0 aromatic rings. The van der Waals surface area contributed by atoms with Crippen LogP contribution in [0.25, 0.3) is 0 Å². The molecule has 1 unspecified atom stereocenters. The van der Waals surface area contributed by atoms with Gasteiger partial charge in [-0.25, -0.2) is 0 Å². The fourth-order valence-electron chi connectivity index (χ4n) is 2.68. The molecule has 3 heteroatoms. The van der Waals surface area contributed by atoms with Gasteiger partial charge in [0.05, 0.1) is 5.92 Å². The summed E-state index contributed by atoms with van der Waals surface area (Å²) in [5, 5.41) is 8.86. The Morgan fingerprint density at radius 3 is 2.00 bits per heavy atom. The maximum atomic E-state index is 10.7. The lowest BCUT2D eigenvalue weighted by Crippen LogP contribution is -2.35. The van der Waals surface area contributed by atoms with Crippen LogP contribution >= 0.6 is 12.4 Å². The number of carboxylic acids is 1. The second kappa shape index (κ2) is 3.65. The van der Waals surface area contributed by atoms with Crippen LogP contribution in [-0.4, -0.2) is 11.1 Å². The molecule has 0 saturated heterocycles. The SMILES string of the molecule is Cl.O=C(O)C1CC2CCC1CC2. The number of halogens is 1. The first kappa shape index (κ1) is 9.85. The summed E-state index contributed by atoms with van der Waals surface area (Å²) in [5.74, 6) is 0.695. The van der Waals surface area contributed by atoms with Gasteiger partial charge in [0.15, 0.2) is 0 Å². The minimum absolute atomic E-state index is 0. The van der Waals surface area contributed by atoms with E-state index in [4.69, 9.17) is 5.11 Å². The highest BCUT2D eigenvalue weighted by atomic mass is 35.5. The normalized spacial score (nSPS) is 38.8. The van der Waals surface area contributed by atoms with Crippen LogP contribution in [0.15, 0.2) is 0 Å². The van der Waals surface area contributed by atoms with Crippen molar-refractivity contribution < 1.29 is 9.90 Å². The molecule has 0 aromatic carbocycles. The van der Waals surface area contributed by atoms with E-state index < -0.39 is 5.97 Å². The molecule has 3 aliphatic carbocycles. The molecule has 1 N–H and O–H groups in total. The second-order valence-corrected chi connectivity index (χ2v) is 3.96. The molecule has 3 saturated carbocycles. The number of hydrogen-bond acceptors (Lipinski definition) is 1. The van der Waals surface area contributed by atoms with Gasteiger partial charge in [-0.2, -0.15) is 0 Å². The minimum Gasteiger partial charge on any atom is -0.481 e. The van der Waals surface area contributed by atoms with Gasteiger partial charge in [-0.15, -0.1) is 12.4 Å². The van der Waals surface area contributed by atoms with Crippen molar-refractivity contribution in [3.63, 3.8) is 0 Å². The first-order valence-electron chi connectivity index (χ1n) is 4.50. The zero-order valence-corrected chi connectivity index (χ0v) is 7.85. The third-order valence-corrected chi connectivity index (χ3v) is 3.36. The summed E-state index contributed by atoms with van der Waals surface area (Å²) in [4.78, 5) is 10.7. The highest BCUT2D eigenvalue weighted by Crippen LogP contribution is 2.44. The van der Waals surface area contributed by atoms with Gasteiger partial charge in [0, 0.05) is 0 Å². The van der Waals surface area contributed by atoms with Crippen molar-refractivity contribution in [2.45, 2.75) is 32.1 Å². The standard InChI is InChI=1S/C9H14O2.ClH/c10-9(11)8-5-6-1-3-7(8)4-2-6;/h6-8H,1-5H2,(H,10,11);1H. The Labute approximate surface area is 78.8 Å². The number of carboxylic acid groups (broad SMARTS) is 1. The van der Waals surface area contributed by atoms with Crippen molar-refractivity contribution in [3.8, 4) is 0 Å². The molecule has 2 bridgehead atoms. The van der Waals surface area contributed by atoms with Gasteiger partial charge in [-0.05, 0) is 31.1 Å². The van der Waals surface area contributed by atoms with E-state index in [1.54, 1.807) is 0 Å². The van der Waals surface area contributed by atoms with Crippen molar-refractivity contribution in [3.05, 3.63) is 0 Å². The Kier molecular flexibility index (Phi) is 2.99. The molecule has 0 amide bonds. The molecule has 0 aromatic heterocycles. The monoisotopic (exact) mass is 190 g/mol. The molecule has 0 heterocycles. The van der Waals surface area contributed by atoms with Crippen LogP contribution in [0.2, 0.25) is 0 Å². The first-order chi connectivity index (χ1) is 5.27. The predicted octanol–water partition coefficient (Wildman–Crippen LogP) is 2.32. The summed E-state index contributed by atoms with van der Waals surface area (Å²) >= 11 is 0. The van der Waals surface area contributed by atoms with Crippen molar-refractivity contribution in [1.29, 1.82) is 0 Å². The van der Waals surface area contributed by atoms with Crippen LogP contribution in [0.1, 0.15) is 32.1 Å². The number of fused-ring (bicyclic) bond motifs is 3. The van der Waals surface area contributed by atoms with E-state index in [0.29, 0.717) is 5.92 Å². The van der Waals surface area contributed by atoms with Gasteiger partial charge in [0.2, 0.25) is 0 Å². The number of rotatable bonds is 1. The van der Waals surface area contributed by atoms with Gasteiger partial charge in [-0.3, -0.25) is 4.79 Å². The predicted molar refractivity (Wildman–Crippen MR) is 48.4 cm³/mol. The lowest BCUT2D eigenvalue weighted by atomic mass is 9.65. The molecule has 3 aliphatic rings. The van der Waals surface area contributed by atoms with Crippen LogP contribution in [0.5, 0.6) is 0 Å². The summed E-state index contributed by atoms with van der Waals surface area (Å²) in [6, 6.07) is 0. The van der Waals surface area contributed by atoms with E-state index in [9.17, 15) is 4.79 Å². The summed E-state index contributed by atoms with van der Waals surface area (Å²) < 4.78 is 0. The molecule has 0 aliphatic heterocycles. The minimum atomic E-state index is -0.556. The van der Waals surface area contributed by atoms with Crippen LogP contribution in [-0.2, 0) is 4.79 Å². The highest BCUT2D eigenvalue weighted by molar-refractivity contribution is 5.85. The van der Waals surface area contributed by atoms with Crippen molar-refractivity contribution in [2.75, 3.05) is 0 Å². The average molecular weight is 191 g/mol. The third-order valence-electron chi connectivity index (χ3n) is 3.36. The molecule has 0 radical (unpaired) electrons. The first-order valence-corrected chi connectivity index (χ1v) is 4.50. The van der Waals surface area contributed by atoms with Crippen molar-refractivity contribution in [1.82, 2.24) is 0 Å². The largest absolute Gasteiger partial charge is 0.481 e. The zero-order valence-electron chi connectivity index (χ0n) is 7.03. The van der Waals surface area contributed by atoms with Crippen LogP contribution in [0, 0.1) is 17.8 Å². The number of carbonyl (C=O) groups is 1. The quantitative estimate of drug-likeness (QED) is 0.689. The highest BCUT2D eigenvalue weighted by Gasteiger charge is 2.39. The molecular weight excluding hydrogens is 176 g/mol. The van der Waals surface area contributed by atoms with Crippen LogP contribution in [0.3, 0.4) is 0 Å². The van der Waals surface area contributed by atoms with Gasteiger partial charge < -0.3 is 5.11 Å². The van der Waals surface area contributed by atoms with Crippen LogP contribution in [0.4, 0.5) is 0 Å². The third kappa shape index (κ3) is 1.58. The maximum Gasteiger partial charge on any atom is 0.306 e. The molecular formula is C9H15ClO2. The lowest BCUT2D eigenvalue weighted by molar-refractivity contribution is -0.147. The Morgan fingerprint density at radius 2 is 1.75 bits per heavy atom. The molecule has 3 fully saturated rings. The molecule has 70 valence electrons. The fourth-order valence-corrected chi connectivity index (χ4v) is 2.68. The molecule has 2 nitrogen and oxygen atoms in total. The van der Waals surface area contributed by atoms with E-state index >= 15 is 0 Å². The Hall–Kier alpha value is -0.240. The summed E-state index contributed by atoms with van der Waals surface area (Å²) in [6.45, 7) is 0.